The van der Waals surface area contributed by atoms with E-state index in [1.165, 1.54) is 0 Å². The number of esters is 1. The van der Waals surface area contributed by atoms with Gasteiger partial charge in [-0.3, -0.25) is 4.99 Å². The van der Waals surface area contributed by atoms with Crippen LogP contribution in [0.2, 0.25) is 5.02 Å². The van der Waals surface area contributed by atoms with Crippen molar-refractivity contribution >= 4 is 23.3 Å². The van der Waals surface area contributed by atoms with Crippen molar-refractivity contribution in [2.75, 3.05) is 6.61 Å². The average molecular weight is 238 g/mol. The van der Waals surface area contributed by atoms with Crippen molar-refractivity contribution in [2.24, 2.45) is 4.99 Å². The Morgan fingerprint density at radius 1 is 1.31 bits per heavy atom. The van der Waals surface area contributed by atoms with Crippen molar-refractivity contribution in [3.8, 4) is 0 Å². The van der Waals surface area contributed by atoms with Crippen LogP contribution in [-0.4, -0.2) is 23.8 Å². The van der Waals surface area contributed by atoms with Crippen LogP contribution >= 0.6 is 11.6 Å². The van der Waals surface area contributed by atoms with E-state index in [1.807, 2.05) is 13.8 Å². The summed E-state index contributed by atoms with van der Waals surface area (Å²) in [6.45, 7) is 4.17. The Balaban J connectivity index is 2.42. The standard InChI is InChI=1S/C12H12ClNO2/c1-12(2)7-16-11(15)10(14-12)8-3-5-9(13)6-4-8/h3-6H,7H2,1-2H3. The number of nitrogens with zero attached hydrogens (tertiary/aromatic N) is 1. The lowest BCUT2D eigenvalue weighted by Crippen LogP contribution is -2.37. The lowest BCUT2D eigenvalue weighted by molar-refractivity contribution is -0.138. The van der Waals surface area contributed by atoms with Crippen molar-refractivity contribution in [3.05, 3.63) is 34.9 Å². The van der Waals surface area contributed by atoms with Crippen LogP contribution in [0.25, 0.3) is 0 Å². The highest BCUT2D eigenvalue weighted by atomic mass is 35.5. The minimum Gasteiger partial charge on any atom is -0.458 e. The summed E-state index contributed by atoms with van der Waals surface area (Å²) in [5, 5.41) is 0.632. The largest absolute Gasteiger partial charge is 0.458 e. The molecule has 1 aliphatic heterocycles. The first-order valence-electron chi connectivity index (χ1n) is 5.01. The molecule has 0 spiro atoms. The molecule has 1 aliphatic rings. The zero-order valence-corrected chi connectivity index (χ0v) is 9.91. The Kier molecular flexibility index (Phi) is 2.72. The first kappa shape index (κ1) is 11.1. The quantitative estimate of drug-likeness (QED) is 0.704. The molecule has 0 saturated heterocycles. The number of carbonyl (C=O) groups excluding carboxylic acids is 1. The van der Waals surface area contributed by atoms with Gasteiger partial charge in [0.15, 0.2) is 5.71 Å². The maximum atomic E-state index is 11.6. The number of carbonyl (C=O) groups is 1. The number of hydrogen-bond donors (Lipinski definition) is 0. The van der Waals surface area contributed by atoms with E-state index in [4.69, 9.17) is 16.3 Å². The number of ether oxygens (including phenoxy) is 1. The van der Waals surface area contributed by atoms with E-state index >= 15 is 0 Å². The van der Waals surface area contributed by atoms with Gasteiger partial charge >= 0.3 is 5.97 Å². The third-order valence-corrected chi connectivity index (χ3v) is 2.53. The molecule has 0 radical (unpaired) electrons. The maximum Gasteiger partial charge on any atom is 0.357 e. The highest BCUT2D eigenvalue weighted by Gasteiger charge is 2.29. The number of cyclic esters (lactones) is 1. The lowest BCUT2D eigenvalue weighted by atomic mass is 10.0. The zero-order chi connectivity index (χ0) is 11.8. The van der Waals surface area contributed by atoms with Crippen LogP contribution in [0.5, 0.6) is 0 Å². The van der Waals surface area contributed by atoms with E-state index in [9.17, 15) is 4.79 Å². The number of benzene rings is 1. The number of aliphatic imine (C=N–C) groups is 1. The van der Waals surface area contributed by atoms with Gasteiger partial charge in [-0.1, -0.05) is 23.7 Å². The van der Waals surface area contributed by atoms with Gasteiger partial charge in [0.05, 0.1) is 5.54 Å². The lowest BCUT2D eigenvalue weighted by Gasteiger charge is -2.25. The Bertz CT molecular complexity index is 449. The molecule has 1 aromatic carbocycles. The number of rotatable bonds is 1. The van der Waals surface area contributed by atoms with Gasteiger partial charge in [-0.05, 0) is 26.0 Å². The van der Waals surface area contributed by atoms with Gasteiger partial charge < -0.3 is 4.74 Å². The summed E-state index contributed by atoms with van der Waals surface area (Å²) in [6, 6.07) is 7.00. The molecule has 4 heteroatoms. The highest BCUT2D eigenvalue weighted by Crippen LogP contribution is 2.19. The van der Waals surface area contributed by atoms with Crippen LogP contribution in [0.4, 0.5) is 0 Å². The van der Waals surface area contributed by atoms with Gasteiger partial charge in [0.2, 0.25) is 0 Å². The zero-order valence-electron chi connectivity index (χ0n) is 9.16. The topological polar surface area (TPSA) is 38.7 Å². The molecule has 0 atom stereocenters. The van der Waals surface area contributed by atoms with Crippen LogP contribution in [0, 0.1) is 0 Å². The Morgan fingerprint density at radius 2 is 1.94 bits per heavy atom. The first-order valence-corrected chi connectivity index (χ1v) is 5.39. The van der Waals surface area contributed by atoms with Gasteiger partial charge in [-0.15, -0.1) is 0 Å². The van der Waals surface area contributed by atoms with Crippen molar-refractivity contribution < 1.29 is 9.53 Å². The van der Waals surface area contributed by atoms with Crippen molar-refractivity contribution in [1.82, 2.24) is 0 Å². The van der Waals surface area contributed by atoms with E-state index in [2.05, 4.69) is 4.99 Å². The summed E-state index contributed by atoms with van der Waals surface area (Å²) >= 11 is 5.79. The van der Waals surface area contributed by atoms with Gasteiger partial charge in [-0.2, -0.15) is 0 Å². The number of halogens is 1. The molecule has 0 saturated carbocycles. The molecule has 2 rings (SSSR count). The molecule has 3 nitrogen and oxygen atoms in total. The molecular formula is C12H12ClNO2. The second-order valence-electron chi connectivity index (χ2n) is 4.36. The first-order chi connectivity index (χ1) is 7.48. The van der Waals surface area contributed by atoms with Crippen LogP contribution in [0.3, 0.4) is 0 Å². The Labute approximate surface area is 99.1 Å². The molecule has 0 aromatic heterocycles. The molecule has 0 bridgehead atoms. The monoisotopic (exact) mass is 237 g/mol. The molecular weight excluding hydrogens is 226 g/mol. The number of hydrogen-bond acceptors (Lipinski definition) is 3. The fraction of sp³-hybridized carbons (Fsp3) is 0.333. The summed E-state index contributed by atoms with van der Waals surface area (Å²) in [5.74, 6) is -0.373. The van der Waals surface area contributed by atoms with E-state index in [0.717, 1.165) is 5.56 Å². The summed E-state index contributed by atoms with van der Waals surface area (Å²) in [5.41, 5.74) is 0.748. The van der Waals surface area contributed by atoms with Crippen LogP contribution in [-0.2, 0) is 9.53 Å². The minimum atomic E-state index is -0.373. The maximum absolute atomic E-state index is 11.6. The van der Waals surface area contributed by atoms with Crippen molar-refractivity contribution in [1.29, 1.82) is 0 Å². The van der Waals surface area contributed by atoms with E-state index in [0.29, 0.717) is 17.3 Å². The average Bonchev–Trinajstić information content (AvgIpc) is 2.23. The van der Waals surface area contributed by atoms with E-state index in [1.54, 1.807) is 24.3 Å². The molecule has 0 unspecified atom stereocenters. The predicted octanol–water partition coefficient (Wildman–Crippen LogP) is 2.46. The van der Waals surface area contributed by atoms with Gasteiger partial charge in [-0.25, -0.2) is 4.79 Å². The molecule has 16 heavy (non-hydrogen) atoms. The van der Waals surface area contributed by atoms with Crippen LogP contribution in [0.15, 0.2) is 29.3 Å². The second-order valence-corrected chi connectivity index (χ2v) is 4.79. The fourth-order valence-corrected chi connectivity index (χ4v) is 1.61. The predicted molar refractivity (Wildman–Crippen MR) is 63.0 cm³/mol. The third-order valence-electron chi connectivity index (χ3n) is 2.28. The molecule has 1 heterocycles. The van der Waals surface area contributed by atoms with Gasteiger partial charge in [0.25, 0.3) is 0 Å². The van der Waals surface area contributed by atoms with Gasteiger partial charge in [0.1, 0.15) is 6.61 Å². The third kappa shape index (κ3) is 2.25. The SMILES string of the molecule is CC1(C)COC(=O)C(c2ccc(Cl)cc2)=N1. The summed E-state index contributed by atoms with van der Waals surface area (Å²) in [6.07, 6.45) is 0. The normalized spacial score (nSPS) is 18.9. The molecule has 0 amide bonds. The molecule has 1 aromatic rings. The Morgan fingerprint density at radius 3 is 2.56 bits per heavy atom. The highest BCUT2D eigenvalue weighted by molar-refractivity contribution is 6.43. The van der Waals surface area contributed by atoms with E-state index in [-0.39, 0.29) is 11.5 Å². The van der Waals surface area contributed by atoms with Crippen LogP contribution < -0.4 is 0 Å². The molecule has 0 aliphatic carbocycles. The fourth-order valence-electron chi connectivity index (χ4n) is 1.48. The van der Waals surface area contributed by atoms with Crippen molar-refractivity contribution in [3.63, 3.8) is 0 Å². The molecule has 84 valence electrons. The smallest absolute Gasteiger partial charge is 0.357 e. The molecule has 0 fully saturated rings. The van der Waals surface area contributed by atoms with Crippen LogP contribution in [0.1, 0.15) is 19.4 Å². The summed E-state index contributed by atoms with van der Waals surface area (Å²) in [4.78, 5) is 16.0. The second kappa shape index (κ2) is 3.91. The Hall–Kier alpha value is -1.35. The minimum absolute atomic E-state index is 0.322. The van der Waals surface area contributed by atoms with Gasteiger partial charge in [0, 0.05) is 10.6 Å². The summed E-state index contributed by atoms with van der Waals surface area (Å²) < 4.78 is 5.09. The van der Waals surface area contributed by atoms with Crippen molar-refractivity contribution in [2.45, 2.75) is 19.4 Å². The summed E-state index contributed by atoms with van der Waals surface area (Å²) in [7, 11) is 0. The van der Waals surface area contributed by atoms with E-state index < -0.39 is 0 Å². The molecule has 0 N–H and O–H groups in total.